The molecule has 0 aliphatic carbocycles. The molecule has 4 heteroatoms. The van der Waals surface area contributed by atoms with Crippen LogP contribution < -0.4 is 0 Å². The summed E-state index contributed by atoms with van der Waals surface area (Å²) in [5.41, 5.74) is 8.53. The Labute approximate surface area is 402 Å². The molecule has 0 amide bonds. The van der Waals surface area contributed by atoms with E-state index in [2.05, 4.69) is 142 Å². The number of hydrogen-bond acceptors (Lipinski definition) is 4. The van der Waals surface area contributed by atoms with Gasteiger partial charge in [0.25, 0.3) is 0 Å². The van der Waals surface area contributed by atoms with Gasteiger partial charge >= 0.3 is 0 Å². The molecule has 0 unspecified atom stereocenters. The van der Waals surface area contributed by atoms with Crippen LogP contribution in [-0.4, -0.2) is 0 Å². The van der Waals surface area contributed by atoms with E-state index in [0.29, 0.717) is 0 Å². The summed E-state index contributed by atoms with van der Waals surface area (Å²) in [5.74, 6) is 0. The molecule has 0 saturated carbocycles. The smallest absolute Gasteiger partial charge is 0.0358 e. The van der Waals surface area contributed by atoms with Gasteiger partial charge in [0.15, 0.2) is 0 Å². The van der Waals surface area contributed by atoms with Gasteiger partial charge in [-0.1, -0.05) is 162 Å². The highest BCUT2D eigenvalue weighted by molar-refractivity contribution is 7.17. The minimum absolute atomic E-state index is 0.141. The Morgan fingerprint density at radius 2 is 0.698 bits per heavy atom. The average Bonchev–Trinajstić information content (AvgIpc) is 4.19. The topological polar surface area (TPSA) is 0 Å². The molecular formula is C59H84S4. The highest BCUT2D eigenvalue weighted by Gasteiger charge is 2.29. The molecule has 63 heavy (non-hydrogen) atoms. The molecule has 4 heterocycles. The monoisotopic (exact) mass is 921 g/mol. The summed E-state index contributed by atoms with van der Waals surface area (Å²) in [6.45, 7) is 42.8. The first-order valence-corrected chi connectivity index (χ1v) is 28.1. The minimum atomic E-state index is 0.141. The molecule has 0 radical (unpaired) electrons. The third-order valence-corrected chi connectivity index (χ3v) is 16.1. The molecule has 0 nitrogen and oxygen atoms in total. The Balaban J connectivity index is 0.000000960. The fraction of sp³-hybridized carbons (Fsp3) is 0.458. The number of hydrogen-bond donors (Lipinski definition) is 0. The van der Waals surface area contributed by atoms with E-state index in [1.807, 2.05) is 115 Å². The summed E-state index contributed by atoms with van der Waals surface area (Å²) >= 11 is 7.95. The lowest BCUT2D eigenvalue weighted by Gasteiger charge is -2.25. The summed E-state index contributed by atoms with van der Waals surface area (Å²) in [6.07, 6.45) is 6.55. The molecule has 344 valence electrons. The summed E-state index contributed by atoms with van der Waals surface area (Å²) in [5, 5.41) is 8.46. The van der Waals surface area contributed by atoms with Crippen LogP contribution in [0.15, 0.2) is 72.8 Å². The second kappa shape index (κ2) is 27.3. The zero-order valence-corrected chi connectivity index (χ0v) is 46.6. The molecule has 0 N–H and O–H groups in total. The average molecular weight is 922 g/mol. The minimum Gasteiger partial charge on any atom is -0.140 e. The van der Waals surface area contributed by atoms with Gasteiger partial charge in [0.2, 0.25) is 0 Å². The van der Waals surface area contributed by atoms with E-state index in [4.69, 9.17) is 0 Å². The standard InChI is InChI=1S/C46H46S4.C3H8.5C2H6/c1-9-27-24-33-41-34(25-27)45(37-19-16-30(12-4)49-37)43(38-20-21-39(50-38)46(7,8)13-5)32-23-26(6)22-31(40(32)41)42(35-17-14-28(10-2)47-35)44(33)36-18-15-29(11-3)48-36;1-3-2;5*1-2/h14-25H,9-13H2,1-8H3;3H2,1-2H3;5*1-2H3. The van der Waals surface area contributed by atoms with Crippen molar-refractivity contribution in [1.29, 1.82) is 0 Å². The second-order valence-corrected chi connectivity index (χ2v) is 19.7. The van der Waals surface area contributed by atoms with Crippen LogP contribution in [0.4, 0.5) is 0 Å². The van der Waals surface area contributed by atoms with Crippen molar-refractivity contribution >= 4 is 77.7 Å². The Kier molecular flexibility index (Phi) is 24.2. The summed E-state index contributed by atoms with van der Waals surface area (Å²) in [6, 6.07) is 29.2. The number of aryl methyl sites for hydroxylation is 5. The molecule has 8 aromatic rings. The zero-order valence-electron chi connectivity index (χ0n) is 43.3. The lowest BCUT2D eigenvalue weighted by atomic mass is 9.80. The van der Waals surface area contributed by atoms with E-state index in [0.717, 1.165) is 32.1 Å². The number of thiophene rings is 4. The Bertz CT molecular complexity index is 2520. The van der Waals surface area contributed by atoms with Gasteiger partial charge in [0.05, 0.1) is 0 Å². The zero-order chi connectivity index (χ0) is 47.6. The first-order chi connectivity index (χ1) is 30.6. The Morgan fingerprint density at radius 3 is 0.984 bits per heavy atom. The third-order valence-electron chi connectivity index (χ3n) is 10.9. The highest BCUT2D eigenvalue weighted by Crippen LogP contribution is 2.56. The van der Waals surface area contributed by atoms with Crippen molar-refractivity contribution in [2.75, 3.05) is 0 Å². The van der Waals surface area contributed by atoms with Crippen molar-refractivity contribution < 1.29 is 0 Å². The predicted octanol–water partition coefficient (Wildman–Crippen LogP) is 22.3. The van der Waals surface area contributed by atoms with Gasteiger partial charge in [0.1, 0.15) is 0 Å². The van der Waals surface area contributed by atoms with Crippen molar-refractivity contribution in [3.8, 4) is 41.8 Å². The van der Waals surface area contributed by atoms with Crippen LogP contribution >= 0.6 is 45.3 Å². The Morgan fingerprint density at radius 1 is 0.397 bits per heavy atom. The normalized spacial score (nSPS) is 10.6. The Hall–Kier alpha value is -3.28. The van der Waals surface area contributed by atoms with Crippen molar-refractivity contribution in [3.63, 3.8) is 0 Å². The molecule has 0 saturated heterocycles. The second-order valence-electron chi connectivity index (χ2n) is 15.1. The molecule has 0 fully saturated rings. The molecule has 0 spiro atoms. The van der Waals surface area contributed by atoms with Gasteiger partial charge in [-0.05, 0) is 136 Å². The van der Waals surface area contributed by atoms with Gasteiger partial charge in [-0.2, -0.15) is 0 Å². The van der Waals surface area contributed by atoms with Crippen LogP contribution in [0.25, 0.3) is 74.1 Å². The van der Waals surface area contributed by atoms with Crippen LogP contribution in [0.3, 0.4) is 0 Å². The molecule has 0 aliphatic rings. The summed E-state index contributed by atoms with van der Waals surface area (Å²) in [4.78, 5) is 11.3. The lowest BCUT2D eigenvalue weighted by molar-refractivity contribution is 0.517. The fourth-order valence-corrected chi connectivity index (χ4v) is 12.0. The van der Waals surface area contributed by atoms with E-state index < -0.39 is 0 Å². The maximum atomic E-state index is 2.55. The van der Waals surface area contributed by atoms with Crippen LogP contribution in [0.5, 0.6) is 0 Å². The van der Waals surface area contributed by atoms with Crippen molar-refractivity contribution in [2.45, 2.75) is 182 Å². The van der Waals surface area contributed by atoms with E-state index in [-0.39, 0.29) is 5.41 Å². The first kappa shape index (κ1) is 55.9. The van der Waals surface area contributed by atoms with Gasteiger partial charge < -0.3 is 0 Å². The SMILES string of the molecule is CC.CC.CC.CC.CC.CCC.CCc1cc2c(-c3ccc(CC)s3)c(-c3ccc(CC)s3)c3cc(C)cc4c(-c5ccc(C(C)(C)CC)s5)c(-c5ccc(CC)s5)c(c1)c2c34. The molecular weight excluding hydrogens is 837 g/mol. The molecule has 0 bridgehead atoms. The van der Waals surface area contributed by atoms with E-state index >= 15 is 0 Å². The van der Waals surface area contributed by atoms with E-state index in [1.165, 1.54) is 111 Å². The van der Waals surface area contributed by atoms with Gasteiger partial charge in [-0.25, -0.2) is 0 Å². The van der Waals surface area contributed by atoms with Crippen LogP contribution in [0, 0.1) is 6.92 Å². The fourth-order valence-electron chi connectivity index (χ4n) is 7.70. The molecule has 4 aromatic heterocycles. The van der Waals surface area contributed by atoms with Crippen LogP contribution in [-0.2, 0) is 31.1 Å². The third kappa shape index (κ3) is 12.0. The van der Waals surface area contributed by atoms with Crippen LogP contribution in [0.1, 0.15) is 175 Å². The van der Waals surface area contributed by atoms with Crippen molar-refractivity contribution in [3.05, 3.63) is 103 Å². The molecule has 0 aliphatic heterocycles. The van der Waals surface area contributed by atoms with Crippen LogP contribution in [0.2, 0.25) is 0 Å². The molecule has 8 rings (SSSR count). The van der Waals surface area contributed by atoms with Gasteiger partial charge in [0, 0.05) is 61.3 Å². The maximum Gasteiger partial charge on any atom is 0.0358 e. The van der Waals surface area contributed by atoms with E-state index in [1.54, 1.807) is 0 Å². The molecule has 4 aromatic carbocycles. The maximum absolute atomic E-state index is 2.55. The number of rotatable bonds is 10. The first-order valence-electron chi connectivity index (χ1n) is 24.8. The van der Waals surface area contributed by atoms with E-state index in [9.17, 15) is 0 Å². The van der Waals surface area contributed by atoms with Crippen molar-refractivity contribution in [1.82, 2.24) is 0 Å². The quantitative estimate of drug-likeness (QED) is 0.120. The summed E-state index contributed by atoms with van der Waals surface area (Å²) < 4.78 is 0. The highest BCUT2D eigenvalue weighted by atomic mass is 32.1. The van der Waals surface area contributed by atoms with Gasteiger partial charge in [-0.3, -0.25) is 0 Å². The molecule has 0 atom stereocenters. The predicted molar refractivity (Wildman–Crippen MR) is 302 cm³/mol. The number of benzene rings is 4. The van der Waals surface area contributed by atoms with Crippen molar-refractivity contribution in [2.24, 2.45) is 0 Å². The lowest BCUT2D eigenvalue weighted by Crippen LogP contribution is -2.12. The van der Waals surface area contributed by atoms with Gasteiger partial charge in [-0.15, -0.1) is 45.3 Å². The summed E-state index contributed by atoms with van der Waals surface area (Å²) in [7, 11) is 0. The largest absolute Gasteiger partial charge is 0.140 e.